The minimum atomic E-state index is 0.190. The molecule has 0 spiro atoms. The molecule has 0 amide bonds. The molecule has 0 aliphatic heterocycles. The standard InChI is InChI=1S/C12H8ClNO/c1-2-8-15-12-6-5-11(13)9-10(12)4-3-7-14/h1,3-6,9H,8H2/b4-3+. The third-order valence-corrected chi connectivity index (χ3v) is 1.86. The smallest absolute Gasteiger partial charge is 0.148 e. The van der Waals surface area contributed by atoms with E-state index in [1.54, 1.807) is 24.3 Å². The SMILES string of the molecule is C#CCOc1ccc(Cl)cc1/C=C/C#N. The van der Waals surface area contributed by atoms with Gasteiger partial charge < -0.3 is 4.74 Å². The molecule has 15 heavy (non-hydrogen) atoms. The molecule has 0 N–H and O–H groups in total. The summed E-state index contributed by atoms with van der Waals surface area (Å²) < 4.78 is 5.28. The second-order valence-corrected chi connectivity index (χ2v) is 3.07. The van der Waals surface area contributed by atoms with Crippen LogP contribution in [0.4, 0.5) is 0 Å². The topological polar surface area (TPSA) is 33.0 Å². The summed E-state index contributed by atoms with van der Waals surface area (Å²) >= 11 is 5.82. The van der Waals surface area contributed by atoms with Gasteiger partial charge in [0.2, 0.25) is 0 Å². The van der Waals surface area contributed by atoms with Crippen LogP contribution in [0.3, 0.4) is 0 Å². The first-order valence-corrected chi connectivity index (χ1v) is 4.57. The summed E-state index contributed by atoms with van der Waals surface area (Å²) in [7, 11) is 0. The Kier molecular flexibility index (Phi) is 4.29. The third kappa shape index (κ3) is 3.38. The number of hydrogen-bond acceptors (Lipinski definition) is 2. The first-order chi connectivity index (χ1) is 7.27. The van der Waals surface area contributed by atoms with Crippen molar-refractivity contribution in [2.24, 2.45) is 0 Å². The van der Waals surface area contributed by atoms with Crippen LogP contribution in [0.1, 0.15) is 5.56 Å². The van der Waals surface area contributed by atoms with Crippen LogP contribution in [-0.4, -0.2) is 6.61 Å². The molecule has 0 aromatic heterocycles. The lowest BCUT2D eigenvalue weighted by Gasteiger charge is -2.06. The molecular formula is C12H8ClNO. The molecule has 0 atom stereocenters. The normalized spacial score (nSPS) is 9.53. The Balaban J connectivity index is 2.99. The Morgan fingerprint density at radius 3 is 3.00 bits per heavy atom. The van der Waals surface area contributed by atoms with Crippen molar-refractivity contribution < 1.29 is 4.74 Å². The molecule has 0 saturated heterocycles. The third-order valence-electron chi connectivity index (χ3n) is 1.62. The fourth-order valence-electron chi connectivity index (χ4n) is 1.03. The molecule has 3 heteroatoms. The van der Waals surface area contributed by atoms with Gasteiger partial charge in [-0.25, -0.2) is 0 Å². The highest BCUT2D eigenvalue weighted by molar-refractivity contribution is 6.30. The van der Waals surface area contributed by atoms with Gasteiger partial charge in [-0.15, -0.1) is 6.42 Å². The minimum absolute atomic E-state index is 0.190. The van der Waals surface area contributed by atoms with E-state index in [0.29, 0.717) is 10.8 Å². The molecule has 0 unspecified atom stereocenters. The summed E-state index contributed by atoms with van der Waals surface area (Å²) in [6.45, 7) is 0.190. The molecule has 0 bridgehead atoms. The number of rotatable bonds is 3. The molecule has 0 fully saturated rings. The van der Waals surface area contributed by atoms with Gasteiger partial charge in [-0.05, 0) is 24.3 Å². The van der Waals surface area contributed by atoms with E-state index in [1.165, 1.54) is 6.08 Å². The number of hydrogen-bond donors (Lipinski definition) is 0. The molecule has 0 aliphatic rings. The van der Waals surface area contributed by atoms with E-state index in [2.05, 4.69) is 5.92 Å². The molecule has 0 saturated carbocycles. The van der Waals surface area contributed by atoms with Gasteiger partial charge in [-0.3, -0.25) is 0 Å². The summed E-state index contributed by atoms with van der Waals surface area (Å²) in [4.78, 5) is 0. The lowest BCUT2D eigenvalue weighted by atomic mass is 10.2. The van der Waals surface area contributed by atoms with Crippen LogP contribution in [0.5, 0.6) is 5.75 Å². The van der Waals surface area contributed by atoms with Crippen LogP contribution in [-0.2, 0) is 0 Å². The van der Waals surface area contributed by atoms with E-state index >= 15 is 0 Å². The summed E-state index contributed by atoms with van der Waals surface area (Å²) in [5.41, 5.74) is 0.735. The van der Waals surface area contributed by atoms with Crippen molar-refractivity contribution >= 4 is 17.7 Å². The van der Waals surface area contributed by atoms with Crippen LogP contribution in [0.15, 0.2) is 24.3 Å². The zero-order valence-electron chi connectivity index (χ0n) is 7.90. The first kappa shape index (κ1) is 11.2. The maximum absolute atomic E-state index is 8.42. The number of ether oxygens (including phenoxy) is 1. The van der Waals surface area contributed by atoms with E-state index in [0.717, 1.165) is 5.56 Å². The van der Waals surface area contributed by atoms with Crippen LogP contribution < -0.4 is 4.74 Å². The number of nitrogens with zero attached hydrogens (tertiary/aromatic N) is 1. The molecule has 1 aromatic carbocycles. The van der Waals surface area contributed by atoms with E-state index in [1.807, 2.05) is 6.07 Å². The Morgan fingerprint density at radius 1 is 1.53 bits per heavy atom. The largest absolute Gasteiger partial charge is 0.480 e. The fourth-order valence-corrected chi connectivity index (χ4v) is 1.21. The lowest BCUT2D eigenvalue weighted by Crippen LogP contribution is -1.95. The highest BCUT2D eigenvalue weighted by Crippen LogP contribution is 2.24. The van der Waals surface area contributed by atoms with E-state index in [4.69, 9.17) is 28.0 Å². The molecular weight excluding hydrogens is 210 g/mol. The van der Waals surface area contributed by atoms with Gasteiger partial charge in [0.05, 0.1) is 6.07 Å². The van der Waals surface area contributed by atoms with Crippen molar-refractivity contribution in [2.45, 2.75) is 0 Å². The Labute approximate surface area is 93.7 Å². The van der Waals surface area contributed by atoms with Crippen LogP contribution in [0, 0.1) is 23.7 Å². The summed E-state index contributed by atoms with van der Waals surface area (Å²) in [6.07, 6.45) is 8.06. The average Bonchev–Trinajstić information content (AvgIpc) is 2.25. The van der Waals surface area contributed by atoms with Crippen molar-refractivity contribution in [3.05, 3.63) is 34.9 Å². The molecule has 1 rings (SSSR count). The molecule has 1 aromatic rings. The van der Waals surface area contributed by atoms with Gasteiger partial charge in [-0.1, -0.05) is 17.5 Å². The minimum Gasteiger partial charge on any atom is -0.480 e. The predicted molar refractivity (Wildman–Crippen MR) is 60.4 cm³/mol. The summed E-state index contributed by atoms with van der Waals surface area (Å²) in [5, 5.41) is 9.00. The quantitative estimate of drug-likeness (QED) is 0.576. The first-order valence-electron chi connectivity index (χ1n) is 4.20. The summed E-state index contributed by atoms with van der Waals surface area (Å²) in [5.74, 6) is 2.98. The monoisotopic (exact) mass is 217 g/mol. The molecule has 0 aliphatic carbocycles. The van der Waals surface area contributed by atoms with Gasteiger partial charge in [0.25, 0.3) is 0 Å². The Hall–Kier alpha value is -1.90. The number of allylic oxidation sites excluding steroid dienone is 1. The second-order valence-electron chi connectivity index (χ2n) is 2.64. The molecule has 0 radical (unpaired) electrons. The van der Waals surface area contributed by atoms with Crippen molar-refractivity contribution in [2.75, 3.05) is 6.61 Å². The van der Waals surface area contributed by atoms with Crippen LogP contribution >= 0.6 is 11.6 Å². The van der Waals surface area contributed by atoms with E-state index in [-0.39, 0.29) is 6.61 Å². The van der Waals surface area contributed by atoms with E-state index in [9.17, 15) is 0 Å². The second kappa shape index (κ2) is 5.75. The summed E-state index contributed by atoms with van der Waals surface area (Å²) in [6, 6.07) is 7.03. The highest BCUT2D eigenvalue weighted by Gasteiger charge is 2.00. The highest BCUT2D eigenvalue weighted by atomic mass is 35.5. The average molecular weight is 218 g/mol. The zero-order chi connectivity index (χ0) is 11.1. The van der Waals surface area contributed by atoms with Gasteiger partial charge >= 0.3 is 0 Å². The number of nitriles is 1. The maximum Gasteiger partial charge on any atom is 0.148 e. The van der Waals surface area contributed by atoms with Crippen LogP contribution in [0.25, 0.3) is 6.08 Å². The van der Waals surface area contributed by atoms with Gasteiger partial charge in [0.1, 0.15) is 12.4 Å². The fraction of sp³-hybridized carbons (Fsp3) is 0.0833. The molecule has 0 heterocycles. The van der Waals surface area contributed by atoms with E-state index < -0.39 is 0 Å². The number of terminal acetylenes is 1. The zero-order valence-corrected chi connectivity index (χ0v) is 8.66. The number of benzene rings is 1. The number of halogens is 1. The van der Waals surface area contributed by atoms with Gasteiger partial charge in [0.15, 0.2) is 0 Å². The van der Waals surface area contributed by atoms with Crippen molar-refractivity contribution in [1.82, 2.24) is 0 Å². The van der Waals surface area contributed by atoms with Crippen LogP contribution in [0.2, 0.25) is 5.02 Å². The van der Waals surface area contributed by atoms with Gasteiger partial charge in [-0.2, -0.15) is 5.26 Å². The Morgan fingerprint density at radius 2 is 2.33 bits per heavy atom. The van der Waals surface area contributed by atoms with Gasteiger partial charge in [0, 0.05) is 16.7 Å². The van der Waals surface area contributed by atoms with Crippen molar-refractivity contribution in [3.8, 4) is 24.2 Å². The lowest BCUT2D eigenvalue weighted by molar-refractivity contribution is 0.369. The van der Waals surface area contributed by atoms with Crippen molar-refractivity contribution in [3.63, 3.8) is 0 Å². The predicted octanol–water partition coefficient (Wildman–Crippen LogP) is 2.89. The Bertz CT molecular complexity index is 452. The molecule has 74 valence electrons. The van der Waals surface area contributed by atoms with Crippen molar-refractivity contribution in [1.29, 1.82) is 5.26 Å². The maximum atomic E-state index is 8.42. The molecule has 2 nitrogen and oxygen atoms in total.